The number of aromatic nitrogens is 2. The molecule has 1 aromatic heterocycles. The van der Waals surface area contributed by atoms with Gasteiger partial charge in [0.05, 0.1) is 0 Å². The molecule has 3 rings (SSSR count). The van der Waals surface area contributed by atoms with Gasteiger partial charge in [-0.05, 0) is 43.4 Å². The molecule has 0 saturated carbocycles. The fraction of sp³-hybridized carbons (Fsp3) is 0.353. The Morgan fingerprint density at radius 1 is 1.23 bits per heavy atom. The Hall–Kier alpha value is -2.43. The fourth-order valence-corrected chi connectivity index (χ4v) is 2.93. The van der Waals surface area contributed by atoms with Crippen molar-refractivity contribution in [3.05, 3.63) is 54.2 Å². The molecule has 0 radical (unpaired) electrons. The summed E-state index contributed by atoms with van der Waals surface area (Å²) in [5.74, 6) is 0.501. The lowest BCUT2D eigenvalue weighted by Gasteiger charge is -2.24. The van der Waals surface area contributed by atoms with E-state index in [-0.39, 0.29) is 6.03 Å². The zero-order chi connectivity index (χ0) is 15.2. The van der Waals surface area contributed by atoms with Crippen LogP contribution in [0.25, 0.3) is 0 Å². The van der Waals surface area contributed by atoms with Gasteiger partial charge in [-0.15, -0.1) is 5.10 Å². The molecule has 0 bridgehead atoms. The minimum atomic E-state index is -0.0731. The molecule has 1 fully saturated rings. The van der Waals surface area contributed by atoms with Gasteiger partial charge in [-0.2, -0.15) is 5.10 Å². The van der Waals surface area contributed by atoms with Crippen molar-refractivity contribution in [3.63, 3.8) is 0 Å². The van der Waals surface area contributed by atoms with Crippen LogP contribution in [-0.2, 0) is 6.42 Å². The quantitative estimate of drug-likeness (QED) is 0.943. The summed E-state index contributed by atoms with van der Waals surface area (Å²) in [5, 5.41) is 10.5. The van der Waals surface area contributed by atoms with E-state index in [4.69, 9.17) is 0 Å². The molecule has 5 heteroatoms. The summed E-state index contributed by atoms with van der Waals surface area (Å²) in [6.07, 6.45) is 5.72. The summed E-state index contributed by atoms with van der Waals surface area (Å²) in [6, 6.07) is 14.2. The Morgan fingerprint density at radius 3 is 2.86 bits per heavy atom. The van der Waals surface area contributed by atoms with Crippen molar-refractivity contribution >= 4 is 11.8 Å². The predicted molar refractivity (Wildman–Crippen MR) is 85.5 cm³/mol. The summed E-state index contributed by atoms with van der Waals surface area (Å²) in [5.41, 5.74) is 1.32. The van der Waals surface area contributed by atoms with E-state index >= 15 is 0 Å². The van der Waals surface area contributed by atoms with Crippen LogP contribution >= 0.6 is 0 Å². The number of hydrogen-bond donors (Lipinski definition) is 1. The lowest BCUT2D eigenvalue weighted by atomic mass is 10.0. The van der Waals surface area contributed by atoms with Gasteiger partial charge in [0.15, 0.2) is 5.82 Å². The topological polar surface area (TPSA) is 58.1 Å². The second-order valence-corrected chi connectivity index (χ2v) is 5.55. The maximum atomic E-state index is 12.4. The molecule has 5 nitrogen and oxygen atoms in total. The number of nitrogens with one attached hydrogen (secondary N) is 1. The number of carbonyl (C=O) groups excluding carboxylic acids is 1. The van der Waals surface area contributed by atoms with Gasteiger partial charge in [0.2, 0.25) is 0 Å². The van der Waals surface area contributed by atoms with Gasteiger partial charge >= 0.3 is 6.03 Å². The number of rotatable bonds is 4. The van der Waals surface area contributed by atoms with E-state index in [2.05, 4.69) is 39.8 Å². The van der Waals surface area contributed by atoms with Gasteiger partial charge in [0, 0.05) is 18.8 Å². The van der Waals surface area contributed by atoms with E-state index in [1.165, 1.54) is 5.56 Å². The van der Waals surface area contributed by atoms with Gasteiger partial charge in [-0.1, -0.05) is 30.3 Å². The zero-order valence-electron chi connectivity index (χ0n) is 12.5. The lowest BCUT2D eigenvalue weighted by Crippen LogP contribution is -2.39. The van der Waals surface area contributed by atoms with Crippen LogP contribution in [-0.4, -0.2) is 33.7 Å². The van der Waals surface area contributed by atoms with Gasteiger partial charge in [-0.3, -0.25) is 5.32 Å². The summed E-state index contributed by atoms with van der Waals surface area (Å²) in [6.45, 7) is 0.811. The normalized spacial score (nSPS) is 17.5. The summed E-state index contributed by atoms with van der Waals surface area (Å²) in [7, 11) is 0. The molecular formula is C17H20N4O. The fourth-order valence-electron chi connectivity index (χ4n) is 2.93. The maximum absolute atomic E-state index is 12.4. The second-order valence-electron chi connectivity index (χ2n) is 5.55. The Bertz CT molecular complexity index is 603. The van der Waals surface area contributed by atoms with Gasteiger partial charge in [0.25, 0.3) is 0 Å². The van der Waals surface area contributed by atoms with Crippen molar-refractivity contribution in [2.75, 3.05) is 11.9 Å². The van der Waals surface area contributed by atoms with E-state index in [9.17, 15) is 4.79 Å². The van der Waals surface area contributed by atoms with Crippen LogP contribution in [0.15, 0.2) is 48.7 Å². The zero-order valence-corrected chi connectivity index (χ0v) is 12.5. The van der Waals surface area contributed by atoms with E-state index in [0.29, 0.717) is 11.9 Å². The van der Waals surface area contributed by atoms with E-state index in [1.807, 2.05) is 11.0 Å². The molecular weight excluding hydrogens is 276 g/mol. The third kappa shape index (κ3) is 3.61. The van der Waals surface area contributed by atoms with Crippen molar-refractivity contribution in [3.8, 4) is 0 Å². The summed E-state index contributed by atoms with van der Waals surface area (Å²) < 4.78 is 0. The summed E-state index contributed by atoms with van der Waals surface area (Å²) >= 11 is 0. The number of urea groups is 1. The minimum absolute atomic E-state index is 0.0731. The molecule has 2 amide bonds. The molecule has 0 aliphatic carbocycles. The Balaban J connectivity index is 1.57. The first kappa shape index (κ1) is 14.5. The van der Waals surface area contributed by atoms with Crippen LogP contribution in [0.2, 0.25) is 0 Å². The van der Waals surface area contributed by atoms with Gasteiger partial charge < -0.3 is 4.90 Å². The molecule has 2 aromatic rings. The molecule has 0 spiro atoms. The smallest absolute Gasteiger partial charge is 0.322 e. The highest BCUT2D eigenvalue weighted by Gasteiger charge is 2.28. The number of hydrogen-bond acceptors (Lipinski definition) is 3. The van der Waals surface area contributed by atoms with Crippen LogP contribution in [0.4, 0.5) is 10.6 Å². The molecule has 1 aromatic carbocycles. The second kappa shape index (κ2) is 7.02. The molecule has 2 heterocycles. The van der Waals surface area contributed by atoms with Crippen LogP contribution < -0.4 is 5.32 Å². The molecule has 1 aliphatic heterocycles. The Kier molecular flexibility index (Phi) is 4.63. The maximum Gasteiger partial charge on any atom is 0.323 e. The number of amides is 2. The first-order valence-corrected chi connectivity index (χ1v) is 7.72. The van der Waals surface area contributed by atoms with Crippen molar-refractivity contribution in [1.29, 1.82) is 0 Å². The van der Waals surface area contributed by atoms with E-state index < -0.39 is 0 Å². The van der Waals surface area contributed by atoms with Crippen LogP contribution in [0, 0.1) is 0 Å². The third-order valence-corrected chi connectivity index (χ3v) is 4.05. The van der Waals surface area contributed by atoms with Crippen LogP contribution in [0.3, 0.4) is 0 Å². The molecule has 22 heavy (non-hydrogen) atoms. The van der Waals surface area contributed by atoms with Gasteiger partial charge in [-0.25, -0.2) is 4.79 Å². The third-order valence-electron chi connectivity index (χ3n) is 4.05. The Morgan fingerprint density at radius 2 is 2.09 bits per heavy atom. The van der Waals surface area contributed by atoms with Crippen molar-refractivity contribution in [1.82, 2.24) is 15.1 Å². The number of carbonyl (C=O) groups is 1. The van der Waals surface area contributed by atoms with Crippen LogP contribution in [0.1, 0.15) is 24.8 Å². The highest BCUT2D eigenvalue weighted by atomic mass is 16.2. The largest absolute Gasteiger partial charge is 0.323 e. The highest BCUT2D eigenvalue weighted by molar-refractivity contribution is 5.88. The first-order chi connectivity index (χ1) is 10.8. The molecule has 1 aliphatic rings. The lowest BCUT2D eigenvalue weighted by molar-refractivity contribution is 0.204. The molecule has 1 N–H and O–H groups in total. The Labute approximate surface area is 130 Å². The SMILES string of the molecule is O=C(Nc1cccnn1)N1CCCC1CCc1ccccc1. The highest BCUT2D eigenvalue weighted by Crippen LogP contribution is 2.22. The first-order valence-electron chi connectivity index (χ1n) is 7.72. The van der Waals surface area contributed by atoms with Crippen LogP contribution in [0.5, 0.6) is 0 Å². The molecule has 1 saturated heterocycles. The number of benzene rings is 1. The standard InChI is InChI=1S/C17H20N4O/c22-17(19-16-9-4-12-18-20-16)21-13-5-8-15(21)11-10-14-6-2-1-3-7-14/h1-4,6-7,9,12,15H,5,8,10-11,13H2,(H,19,20,22). The monoisotopic (exact) mass is 296 g/mol. The number of likely N-dealkylation sites (tertiary alicyclic amines) is 1. The average Bonchev–Trinajstić information content (AvgIpc) is 3.03. The average molecular weight is 296 g/mol. The van der Waals surface area contributed by atoms with Crippen molar-refractivity contribution < 1.29 is 4.79 Å². The van der Waals surface area contributed by atoms with E-state index in [0.717, 1.165) is 32.2 Å². The molecule has 1 atom stereocenters. The van der Waals surface area contributed by atoms with Gasteiger partial charge in [0.1, 0.15) is 0 Å². The predicted octanol–water partition coefficient (Wildman–Crippen LogP) is 3.11. The summed E-state index contributed by atoms with van der Waals surface area (Å²) in [4.78, 5) is 14.3. The number of aryl methyl sites for hydroxylation is 1. The van der Waals surface area contributed by atoms with Crippen molar-refractivity contribution in [2.45, 2.75) is 31.7 Å². The van der Waals surface area contributed by atoms with Crippen molar-refractivity contribution in [2.24, 2.45) is 0 Å². The molecule has 114 valence electrons. The number of nitrogens with zero attached hydrogens (tertiary/aromatic N) is 3. The minimum Gasteiger partial charge on any atom is -0.322 e. The number of anilines is 1. The van der Waals surface area contributed by atoms with E-state index in [1.54, 1.807) is 18.3 Å². The molecule has 1 unspecified atom stereocenters.